The first-order chi connectivity index (χ1) is 40.6. The van der Waals surface area contributed by atoms with Gasteiger partial charge < -0.3 is 33.9 Å². The molecule has 8 fully saturated rings. The van der Waals surface area contributed by atoms with Crippen molar-refractivity contribution in [1.29, 1.82) is 0 Å². The minimum Gasteiger partial charge on any atom is -0.464 e. The average Bonchev–Trinajstić information content (AvgIpc) is 2.09. The molecule has 3 N–H and O–H groups in total. The van der Waals surface area contributed by atoms with Crippen LogP contribution in [0.1, 0.15) is 127 Å². The van der Waals surface area contributed by atoms with Crippen molar-refractivity contribution in [3.63, 3.8) is 0 Å². The second kappa shape index (κ2) is 23.3. The number of hydrogen-bond acceptors (Lipinski definition) is 13. The van der Waals surface area contributed by atoms with Gasteiger partial charge in [-0.1, -0.05) is 44.9 Å². The van der Waals surface area contributed by atoms with Crippen LogP contribution in [0, 0.1) is 22.7 Å². The molecule has 452 valence electrons. The van der Waals surface area contributed by atoms with Gasteiger partial charge in [0.2, 0.25) is 11.8 Å². The number of methoxy groups -OCH3 is 1. The molecular formula is C65H86F2N10O7. The maximum Gasteiger partial charge on any atom is 0.324 e. The molecule has 1 spiro atoms. The lowest BCUT2D eigenvalue weighted by molar-refractivity contribution is -0.155. The summed E-state index contributed by atoms with van der Waals surface area (Å²) >= 11 is 0. The molecule has 9 heterocycles. The Labute approximate surface area is 492 Å². The predicted molar refractivity (Wildman–Crippen MR) is 316 cm³/mol. The monoisotopic (exact) mass is 1160 g/mol. The summed E-state index contributed by atoms with van der Waals surface area (Å²) in [5, 5.41) is 9.10. The number of amides is 3. The van der Waals surface area contributed by atoms with Gasteiger partial charge in [0, 0.05) is 111 Å². The van der Waals surface area contributed by atoms with Gasteiger partial charge in [0.05, 0.1) is 61.3 Å². The van der Waals surface area contributed by atoms with Crippen LogP contribution >= 0.6 is 0 Å². The molecule has 2 aromatic carbocycles. The number of ether oxygens (including phenoxy) is 3. The summed E-state index contributed by atoms with van der Waals surface area (Å²) in [5.74, 6) is -0.264. The number of nitrogens with zero attached hydrogens (tertiary/aromatic N) is 7. The lowest BCUT2D eigenvalue weighted by Gasteiger charge is -2.44. The number of benzene rings is 2. The van der Waals surface area contributed by atoms with Gasteiger partial charge >= 0.3 is 5.97 Å². The standard InChI is InChI=1S/C65H86F2N10O7/c1-6-76-53-16-15-43-30-48(53)50(58(76)49-31-46(33-68-54(49)39(2)82-5)73-23-22-72-24-25-83-35-47(72)34-73)32-64(3,4)38-84-63(81)51-12-9-19-77(71-51)61(79)52(28-40-26-44(43)29-45(27-40)59(66)67)69-60(78)57(42-10-7-8-11-42)74-20-17-65(36-74)18-21-75(37-65)62(80)56-55(70-56)41-13-14-41/h15-16,26-27,29-31,33,39,41-42,47,51-52,55-57,59,70-71H,6-14,17-25,28,32,34-38H2,1-5H3,(H,69,78)/t39-,47-,51-,52-,55?,56+,57?,65-/m0/s1. The Morgan fingerprint density at radius 1 is 0.929 bits per heavy atom. The molecule has 9 aliphatic rings. The quantitative estimate of drug-likeness (QED) is 0.0944. The molecule has 2 saturated carbocycles. The fraction of sp³-hybridized carbons (Fsp3) is 0.646. The molecular weight excluding hydrogens is 1070 g/mol. The van der Waals surface area contributed by atoms with Crippen molar-refractivity contribution < 1.29 is 42.2 Å². The third kappa shape index (κ3) is 11.4. The summed E-state index contributed by atoms with van der Waals surface area (Å²) in [7, 11) is 1.70. The number of rotatable bonds is 12. The number of morpholine rings is 1. The SMILES string of the molecule is CCn1c(-c2cc(N3CCN4CCOC[C@@H]4C3)cnc2[C@H](C)OC)c2c3cc(ccc31)-c1cc(cc(C(F)F)c1)C[C@H](NC(=O)C(C1CCCC1)N1CC[C@]3(CCN(C(=O)[C@@H]4NC4C4CC4)C3)C1)C(=O)N1CCC[C@H](N1)C(=O)OCC(C)(C)C2. The van der Waals surface area contributed by atoms with Crippen LogP contribution in [0.25, 0.3) is 33.3 Å². The molecule has 0 radical (unpaired) electrons. The van der Waals surface area contributed by atoms with Gasteiger partial charge in [-0.05, 0) is 137 Å². The first-order valence-electron chi connectivity index (χ1n) is 31.6. The van der Waals surface area contributed by atoms with E-state index in [1.54, 1.807) is 13.2 Å². The Morgan fingerprint density at radius 2 is 1.75 bits per heavy atom. The molecule has 3 amide bonds. The number of pyridine rings is 1. The van der Waals surface area contributed by atoms with E-state index in [9.17, 15) is 9.59 Å². The summed E-state index contributed by atoms with van der Waals surface area (Å²) in [4.78, 5) is 73.2. The van der Waals surface area contributed by atoms with Gasteiger partial charge in [-0.15, -0.1) is 0 Å². The van der Waals surface area contributed by atoms with Gasteiger partial charge in [0.15, 0.2) is 0 Å². The Morgan fingerprint density at radius 3 is 2.54 bits per heavy atom. The zero-order valence-electron chi connectivity index (χ0n) is 49.8. The van der Waals surface area contributed by atoms with E-state index in [2.05, 4.69) is 74.3 Å². The van der Waals surface area contributed by atoms with E-state index < -0.39 is 41.8 Å². The highest BCUT2D eigenvalue weighted by atomic mass is 19.3. The van der Waals surface area contributed by atoms with Gasteiger partial charge in [-0.2, -0.15) is 0 Å². The lowest BCUT2D eigenvalue weighted by atomic mass is 9.84. The van der Waals surface area contributed by atoms with E-state index in [0.29, 0.717) is 81.7 Å². The molecule has 8 atom stereocenters. The van der Waals surface area contributed by atoms with Gasteiger partial charge in [0.1, 0.15) is 18.1 Å². The highest BCUT2D eigenvalue weighted by molar-refractivity contribution is 5.96. The molecule has 19 heteroatoms. The second-order valence-corrected chi connectivity index (χ2v) is 27.0. The number of carbonyl (C=O) groups is 4. The fourth-order valence-corrected chi connectivity index (χ4v) is 15.7. The number of likely N-dealkylation sites (tertiary alicyclic amines) is 2. The van der Waals surface area contributed by atoms with Crippen LogP contribution in [0.4, 0.5) is 14.5 Å². The Kier molecular flexibility index (Phi) is 15.9. The summed E-state index contributed by atoms with van der Waals surface area (Å²) < 4.78 is 51.4. The van der Waals surface area contributed by atoms with E-state index in [1.807, 2.05) is 30.2 Å². The number of hydrazine groups is 1. The van der Waals surface area contributed by atoms with Crippen LogP contribution in [-0.2, 0) is 52.8 Å². The topological polar surface area (TPSA) is 176 Å². The van der Waals surface area contributed by atoms with E-state index in [-0.39, 0.29) is 66.5 Å². The van der Waals surface area contributed by atoms with Crippen LogP contribution < -0.4 is 21.0 Å². The van der Waals surface area contributed by atoms with E-state index in [0.717, 1.165) is 116 Å². The number of aryl methyl sites for hydroxylation is 1. The maximum atomic E-state index is 15.4. The first kappa shape index (κ1) is 57.5. The highest BCUT2D eigenvalue weighted by Crippen LogP contribution is 2.47. The fourth-order valence-electron chi connectivity index (χ4n) is 15.7. The van der Waals surface area contributed by atoms with Crippen LogP contribution in [0.15, 0.2) is 48.7 Å². The average molecular weight is 1160 g/mol. The summed E-state index contributed by atoms with van der Waals surface area (Å²) in [6.07, 6.45) is 8.07. The summed E-state index contributed by atoms with van der Waals surface area (Å²) in [6.45, 7) is 17.0. The van der Waals surface area contributed by atoms with Crippen LogP contribution in [0.2, 0.25) is 0 Å². The molecule has 4 aromatic rings. The number of halogens is 2. The number of piperazine rings is 1. The number of cyclic esters (lactones) is 1. The normalized spacial score (nSPS) is 28.7. The molecule has 84 heavy (non-hydrogen) atoms. The van der Waals surface area contributed by atoms with Gasteiger partial charge in [-0.3, -0.25) is 44.3 Å². The third-order valence-electron chi connectivity index (χ3n) is 20.6. The molecule has 2 aliphatic carbocycles. The molecule has 2 aromatic heterocycles. The largest absolute Gasteiger partial charge is 0.464 e. The number of anilines is 1. The smallest absolute Gasteiger partial charge is 0.324 e. The first-order valence-corrected chi connectivity index (χ1v) is 31.6. The molecule has 7 aliphatic heterocycles. The number of fused-ring (bicyclic) bond motifs is 7. The van der Waals surface area contributed by atoms with Crippen molar-refractivity contribution in [3.05, 3.63) is 71.0 Å². The molecule has 6 saturated heterocycles. The zero-order valence-corrected chi connectivity index (χ0v) is 49.8. The predicted octanol–water partition coefficient (Wildman–Crippen LogP) is 7.44. The number of aromatic nitrogens is 2. The summed E-state index contributed by atoms with van der Waals surface area (Å²) in [6, 6.07) is 11.3. The van der Waals surface area contributed by atoms with Crippen molar-refractivity contribution in [3.8, 4) is 22.4 Å². The number of hydrogen-bond donors (Lipinski definition) is 3. The van der Waals surface area contributed by atoms with E-state index in [4.69, 9.17) is 19.2 Å². The number of esters is 1. The minimum atomic E-state index is -2.82. The third-order valence-corrected chi connectivity index (χ3v) is 20.6. The van der Waals surface area contributed by atoms with Crippen molar-refractivity contribution in [1.82, 2.24) is 45.3 Å². The number of nitrogens with one attached hydrogen (secondary N) is 3. The van der Waals surface area contributed by atoms with Crippen LogP contribution in [-0.4, -0.2) is 175 Å². The zero-order chi connectivity index (χ0) is 58.2. The van der Waals surface area contributed by atoms with E-state index >= 15 is 18.4 Å². The summed E-state index contributed by atoms with van der Waals surface area (Å²) in [5.41, 5.74) is 9.76. The van der Waals surface area contributed by atoms with Gasteiger partial charge in [0.25, 0.3) is 12.3 Å². The Bertz CT molecular complexity index is 3160. The van der Waals surface area contributed by atoms with Crippen molar-refractivity contribution >= 4 is 40.3 Å². The number of alkyl halides is 2. The molecule has 13 rings (SSSR count). The molecule has 2 unspecified atom stereocenters. The van der Waals surface area contributed by atoms with Crippen molar-refractivity contribution in [2.75, 3.05) is 90.7 Å². The maximum absolute atomic E-state index is 15.4. The van der Waals surface area contributed by atoms with E-state index in [1.165, 1.54) is 23.9 Å². The Balaban J connectivity index is 0.865. The van der Waals surface area contributed by atoms with Crippen molar-refractivity contribution in [2.24, 2.45) is 22.7 Å². The Hall–Kier alpha value is -5.57. The highest BCUT2D eigenvalue weighted by Gasteiger charge is 2.55. The lowest BCUT2D eigenvalue weighted by Crippen LogP contribution is -2.62. The van der Waals surface area contributed by atoms with Gasteiger partial charge in [-0.25, -0.2) is 14.2 Å². The second-order valence-electron chi connectivity index (χ2n) is 27.0. The molecule has 6 bridgehead atoms. The van der Waals surface area contributed by atoms with Crippen LogP contribution in [0.3, 0.4) is 0 Å². The van der Waals surface area contributed by atoms with Crippen LogP contribution in [0.5, 0.6) is 0 Å². The number of carbonyl (C=O) groups excluding carboxylic acids is 4. The molecule has 17 nitrogen and oxygen atoms in total. The minimum absolute atomic E-state index is 0.0639. The van der Waals surface area contributed by atoms with Crippen molar-refractivity contribution in [2.45, 2.75) is 160 Å².